The van der Waals surface area contributed by atoms with Crippen LogP contribution in [0.15, 0.2) is 35.5 Å². The van der Waals surface area contributed by atoms with Gasteiger partial charge in [0.25, 0.3) is 0 Å². The highest BCUT2D eigenvalue weighted by atomic mass is 79.9. The molecule has 0 aliphatic heterocycles. The first-order valence-corrected chi connectivity index (χ1v) is 5.75. The Labute approximate surface area is 98.9 Å². The molecule has 0 saturated heterocycles. The van der Waals surface area contributed by atoms with E-state index >= 15 is 0 Å². The molecule has 15 heavy (non-hydrogen) atoms. The maximum atomic E-state index is 5.50. The van der Waals surface area contributed by atoms with E-state index in [0.29, 0.717) is 0 Å². The van der Waals surface area contributed by atoms with Gasteiger partial charge in [-0.3, -0.25) is 16.3 Å². The van der Waals surface area contributed by atoms with Crippen molar-refractivity contribution in [2.24, 2.45) is 5.84 Å². The number of allylic oxidation sites excluding steroid dienone is 1. The molecule has 1 rings (SSSR count). The lowest BCUT2D eigenvalue weighted by molar-refractivity contribution is 0.490. The number of hydrogen-bond donors (Lipinski definition) is 2. The van der Waals surface area contributed by atoms with Crippen molar-refractivity contribution in [3.05, 3.63) is 41.2 Å². The summed E-state index contributed by atoms with van der Waals surface area (Å²) in [6.45, 7) is 3.69. The van der Waals surface area contributed by atoms with Crippen LogP contribution in [0.4, 0.5) is 0 Å². The van der Waals surface area contributed by atoms with Crippen LogP contribution in [0.5, 0.6) is 0 Å². The summed E-state index contributed by atoms with van der Waals surface area (Å²) in [6.07, 6.45) is 6.75. The van der Waals surface area contributed by atoms with Crippen LogP contribution >= 0.6 is 15.9 Å². The molecule has 1 atom stereocenters. The van der Waals surface area contributed by atoms with Gasteiger partial charge in [0, 0.05) is 10.7 Å². The predicted molar refractivity (Wildman–Crippen MR) is 66.0 cm³/mol. The summed E-state index contributed by atoms with van der Waals surface area (Å²) in [7, 11) is 0. The second kappa shape index (κ2) is 6.71. The standard InChI is InChI=1S/C11H16BrN3/c1-2-3-4-5-11(15-13)10-7-6-9(12)8-14-10/h2,6-8,11,15H,1,3-5,13H2. The lowest BCUT2D eigenvalue weighted by Gasteiger charge is -2.14. The van der Waals surface area contributed by atoms with E-state index in [0.717, 1.165) is 29.4 Å². The van der Waals surface area contributed by atoms with Gasteiger partial charge in [0.2, 0.25) is 0 Å². The van der Waals surface area contributed by atoms with Gasteiger partial charge in [-0.2, -0.15) is 0 Å². The fraction of sp³-hybridized carbons (Fsp3) is 0.364. The third-order valence-electron chi connectivity index (χ3n) is 2.21. The average Bonchev–Trinajstić information content (AvgIpc) is 2.26. The average molecular weight is 270 g/mol. The molecule has 0 aliphatic rings. The summed E-state index contributed by atoms with van der Waals surface area (Å²) >= 11 is 3.35. The van der Waals surface area contributed by atoms with Crippen LogP contribution in [0, 0.1) is 0 Å². The van der Waals surface area contributed by atoms with Gasteiger partial charge in [0.05, 0.1) is 11.7 Å². The molecule has 1 aromatic heterocycles. The molecule has 0 saturated carbocycles. The van der Waals surface area contributed by atoms with Gasteiger partial charge >= 0.3 is 0 Å². The zero-order valence-corrected chi connectivity index (χ0v) is 10.2. The maximum absolute atomic E-state index is 5.50. The van der Waals surface area contributed by atoms with Gasteiger partial charge in [0.1, 0.15) is 0 Å². The topological polar surface area (TPSA) is 50.9 Å². The fourth-order valence-corrected chi connectivity index (χ4v) is 1.61. The Morgan fingerprint density at radius 2 is 2.40 bits per heavy atom. The normalized spacial score (nSPS) is 12.4. The van der Waals surface area contributed by atoms with Crippen molar-refractivity contribution in [1.82, 2.24) is 10.4 Å². The number of pyridine rings is 1. The minimum absolute atomic E-state index is 0.123. The molecule has 0 spiro atoms. The zero-order chi connectivity index (χ0) is 11.1. The smallest absolute Gasteiger partial charge is 0.0632 e. The van der Waals surface area contributed by atoms with Gasteiger partial charge in [-0.05, 0) is 47.3 Å². The largest absolute Gasteiger partial charge is 0.271 e. The molecule has 0 radical (unpaired) electrons. The van der Waals surface area contributed by atoms with Crippen molar-refractivity contribution in [2.75, 3.05) is 0 Å². The van der Waals surface area contributed by atoms with Crippen LogP contribution < -0.4 is 11.3 Å². The highest BCUT2D eigenvalue weighted by molar-refractivity contribution is 9.10. The van der Waals surface area contributed by atoms with E-state index in [-0.39, 0.29) is 6.04 Å². The quantitative estimate of drug-likeness (QED) is 0.361. The molecule has 82 valence electrons. The Bertz CT molecular complexity index is 297. The van der Waals surface area contributed by atoms with Crippen LogP contribution in [0.3, 0.4) is 0 Å². The molecule has 3 nitrogen and oxygen atoms in total. The van der Waals surface area contributed by atoms with Gasteiger partial charge in [-0.25, -0.2) is 0 Å². The molecular weight excluding hydrogens is 254 g/mol. The number of unbranched alkanes of at least 4 members (excludes halogenated alkanes) is 1. The van der Waals surface area contributed by atoms with Crippen molar-refractivity contribution in [2.45, 2.75) is 25.3 Å². The molecular formula is C11H16BrN3. The first kappa shape index (κ1) is 12.4. The van der Waals surface area contributed by atoms with Crippen molar-refractivity contribution >= 4 is 15.9 Å². The Hall–Kier alpha value is -0.710. The molecule has 0 aromatic carbocycles. The van der Waals surface area contributed by atoms with Gasteiger partial charge < -0.3 is 0 Å². The Morgan fingerprint density at radius 3 is 2.93 bits per heavy atom. The van der Waals surface area contributed by atoms with E-state index in [1.165, 1.54) is 0 Å². The molecule has 1 aromatic rings. The first-order valence-electron chi connectivity index (χ1n) is 4.96. The van der Waals surface area contributed by atoms with Gasteiger partial charge in [0.15, 0.2) is 0 Å². The van der Waals surface area contributed by atoms with Crippen LogP contribution in [-0.4, -0.2) is 4.98 Å². The van der Waals surface area contributed by atoms with E-state index in [1.807, 2.05) is 18.2 Å². The highest BCUT2D eigenvalue weighted by Crippen LogP contribution is 2.18. The number of hydrazine groups is 1. The van der Waals surface area contributed by atoms with E-state index < -0.39 is 0 Å². The molecule has 4 heteroatoms. The minimum atomic E-state index is 0.123. The third kappa shape index (κ3) is 4.11. The van der Waals surface area contributed by atoms with Gasteiger partial charge in [-0.15, -0.1) is 6.58 Å². The van der Waals surface area contributed by atoms with Crippen LogP contribution in [0.2, 0.25) is 0 Å². The number of nitrogens with two attached hydrogens (primary N) is 1. The third-order valence-corrected chi connectivity index (χ3v) is 2.68. The predicted octanol–water partition coefficient (Wildman–Crippen LogP) is 2.70. The minimum Gasteiger partial charge on any atom is -0.271 e. The number of aromatic nitrogens is 1. The molecule has 1 heterocycles. The molecule has 3 N–H and O–H groups in total. The maximum Gasteiger partial charge on any atom is 0.0632 e. The van der Waals surface area contributed by atoms with E-state index in [4.69, 9.17) is 5.84 Å². The second-order valence-corrected chi connectivity index (χ2v) is 4.26. The molecule has 1 unspecified atom stereocenters. The first-order chi connectivity index (χ1) is 7.27. The molecule has 0 aliphatic carbocycles. The Morgan fingerprint density at radius 1 is 1.60 bits per heavy atom. The fourth-order valence-electron chi connectivity index (χ4n) is 1.38. The number of halogens is 1. The highest BCUT2D eigenvalue weighted by Gasteiger charge is 2.09. The van der Waals surface area contributed by atoms with Crippen LogP contribution in [0.1, 0.15) is 31.0 Å². The number of rotatable bonds is 6. The Balaban J connectivity index is 2.57. The van der Waals surface area contributed by atoms with Crippen LogP contribution in [0.25, 0.3) is 0 Å². The summed E-state index contributed by atoms with van der Waals surface area (Å²) < 4.78 is 0.980. The van der Waals surface area contributed by atoms with Gasteiger partial charge in [-0.1, -0.05) is 6.08 Å². The SMILES string of the molecule is C=CCCCC(NN)c1ccc(Br)cn1. The molecule has 0 fully saturated rings. The van der Waals surface area contributed by atoms with Crippen molar-refractivity contribution in [3.8, 4) is 0 Å². The summed E-state index contributed by atoms with van der Waals surface area (Å²) in [4.78, 5) is 4.31. The number of nitrogens with one attached hydrogen (secondary N) is 1. The summed E-state index contributed by atoms with van der Waals surface area (Å²) in [5.41, 5.74) is 3.76. The van der Waals surface area contributed by atoms with E-state index in [2.05, 4.69) is 32.9 Å². The monoisotopic (exact) mass is 269 g/mol. The molecule has 0 bridgehead atoms. The zero-order valence-electron chi connectivity index (χ0n) is 8.62. The second-order valence-electron chi connectivity index (χ2n) is 3.34. The summed E-state index contributed by atoms with van der Waals surface area (Å²) in [5.74, 6) is 5.50. The number of nitrogens with zero attached hydrogens (tertiary/aromatic N) is 1. The van der Waals surface area contributed by atoms with E-state index in [9.17, 15) is 0 Å². The lowest BCUT2D eigenvalue weighted by atomic mass is 10.1. The molecule has 0 amide bonds. The number of hydrogen-bond acceptors (Lipinski definition) is 3. The lowest BCUT2D eigenvalue weighted by Crippen LogP contribution is -2.28. The van der Waals surface area contributed by atoms with Crippen molar-refractivity contribution in [3.63, 3.8) is 0 Å². The summed E-state index contributed by atoms with van der Waals surface area (Å²) in [6, 6.07) is 4.07. The van der Waals surface area contributed by atoms with Crippen LogP contribution in [-0.2, 0) is 0 Å². The van der Waals surface area contributed by atoms with E-state index in [1.54, 1.807) is 6.20 Å². The van der Waals surface area contributed by atoms with Crippen molar-refractivity contribution < 1.29 is 0 Å². The Kier molecular flexibility index (Phi) is 5.53. The summed E-state index contributed by atoms with van der Waals surface area (Å²) in [5, 5.41) is 0. The van der Waals surface area contributed by atoms with Crippen molar-refractivity contribution in [1.29, 1.82) is 0 Å².